The highest BCUT2D eigenvalue weighted by atomic mass is 35.5. The van der Waals surface area contributed by atoms with Gasteiger partial charge in [-0.3, -0.25) is 9.69 Å². The normalized spacial score (nSPS) is 18.3. The fourth-order valence-electron chi connectivity index (χ4n) is 3.17. The second kappa shape index (κ2) is 8.04. The maximum Gasteiger partial charge on any atom is 0.223 e. The summed E-state index contributed by atoms with van der Waals surface area (Å²) < 4.78 is 27.5. The molecule has 3 rings (SSSR count). The van der Waals surface area contributed by atoms with Gasteiger partial charge in [0.05, 0.1) is 0 Å². The fraction of sp³-hybridized carbons (Fsp3) is 0.562. The molecule has 1 fully saturated rings. The van der Waals surface area contributed by atoms with Crippen LogP contribution < -0.4 is 5.32 Å². The Balaban J connectivity index is 0.00000192. The molecular formula is C16H22ClF2N3O. The van der Waals surface area contributed by atoms with E-state index >= 15 is 0 Å². The summed E-state index contributed by atoms with van der Waals surface area (Å²) in [5, 5.41) is 3.22. The molecule has 0 saturated carbocycles. The number of nitrogens with one attached hydrogen (secondary N) is 1. The van der Waals surface area contributed by atoms with E-state index in [2.05, 4.69) is 5.32 Å². The number of halogens is 3. The van der Waals surface area contributed by atoms with Gasteiger partial charge in [-0.05, 0) is 24.1 Å². The molecule has 0 spiro atoms. The second-order valence-electron chi connectivity index (χ2n) is 5.89. The van der Waals surface area contributed by atoms with Gasteiger partial charge >= 0.3 is 0 Å². The number of piperazine rings is 1. The molecule has 0 unspecified atom stereocenters. The van der Waals surface area contributed by atoms with E-state index < -0.39 is 0 Å². The highest BCUT2D eigenvalue weighted by Crippen LogP contribution is 2.24. The first-order valence-electron chi connectivity index (χ1n) is 7.82. The Morgan fingerprint density at radius 2 is 1.74 bits per heavy atom. The van der Waals surface area contributed by atoms with Gasteiger partial charge in [0.2, 0.25) is 5.91 Å². The minimum Gasteiger partial charge on any atom is -0.340 e. The standard InChI is InChI=1S/C16H21F2N3O.ClH/c17-14-1-2-15(18)13-11-20(7-3-12(13)14)8-4-16(22)21-9-5-19-6-10-21;/h1-2,19H,3-11H2;1H. The van der Waals surface area contributed by atoms with E-state index in [1.54, 1.807) is 0 Å². The van der Waals surface area contributed by atoms with Crippen molar-refractivity contribution in [2.24, 2.45) is 0 Å². The van der Waals surface area contributed by atoms with Gasteiger partial charge in [-0.25, -0.2) is 8.78 Å². The van der Waals surface area contributed by atoms with Crippen LogP contribution in [-0.4, -0.2) is 55.0 Å². The smallest absolute Gasteiger partial charge is 0.223 e. The van der Waals surface area contributed by atoms with Gasteiger partial charge in [-0.2, -0.15) is 0 Å². The third kappa shape index (κ3) is 4.19. The van der Waals surface area contributed by atoms with E-state index in [0.29, 0.717) is 43.6 Å². The molecule has 1 saturated heterocycles. The molecule has 2 heterocycles. The first-order valence-corrected chi connectivity index (χ1v) is 7.82. The Hall–Kier alpha value is -1.24. The molecule has 2 aliphatic rings. The summed E-state index contributed by atoms with van der Waals surface area (Å²) in [5.41, 5.74) is 0.936. The van der Waals surface area contributed by atoms with Crippen LogP contribution in [0.5, 0.6) is 0 Å². The summed E-state index contributed by atoms with van der Waals surface area (Å²) in [7, 11) is 0. The quantitative estimate of drug-likeness (QED) is 0.903. The summed E-state index contributed by atoms with van der Waals surface area (Å²) in [6.07, 6.45) is 0.938. The van der Waals surface area contributed by atoms with Crippen LogP contribution in [0.25, 0.3) is 0 Å². The number of carbonyl (C=O) groups excluding carboxylic acids is 1. The predicted molar refractivity (Wildman–Crippen MR) is 86.7 cm³/mol. The third-order valence-electron chi connectivity index (χ3n) is 4.49. The van der Waals surface area contributed by atoms with Crippen LogP contribution in [0.1, 0.15) is 17.5 Å². The SMILES string of the molecule is Cl.O=C(CCN1CCc2c(F)ccc(F)c2C1)N1CCNCC1. The summed E-state index contributed by atoms with van der Waals surface area (Å²) in [6.45, 7) is 4.83. The van der Waals surface area contributed by atoms with Crippen molar-refractivity contribution in [3.05, 3.63) is 34.9 Å². The molecule has 7 heteroatoms. The van der Waals surface area contributed by atoms with Crippen LogP contribution in [0.4, 0.5) is 8.78 Å². The van der Waals surface area contributed by atoms with Crippen molar-refractivity contribution >= 4 is 18.3 Å². The number of carbonyl (C=O) groups is 1. The molecule has 1 amide bonds. The number of fused-ring (bicyclic) bond motifs is 1. The van der Waals surface area contributed by atoms with Crippen molar-refractivity contribution in [2.45, 2.75) is 19.4 Å². The Morgan fingerprint density at radius 3 is 2.43 bits per heavy atom. The number of hydrogen-bond acceptors (Lipinski definition) is 3. The third-order valence-corrected chi connectivity index (χ3v) is 4.49. The molecular weight excluding hydrogens is 324 g/mol. The number of nitrogens with zero attached hydrogens (tertiary/aromatic N) is 2. The topological polar surface area (TPSA) is 35.6 Å². The highest BCUT2D eigenvalue weighted by molar-refractivity contribution is 5.85. The second-order valence-corrected chi connectivity index (χ2v) is 5.89. The lowest BCUT2D eigenvalue weighted by Crippen LogP contribution is -2.47. The molecule has 1 N–H and O–H groups in total. The van der Waals surface area contributed by atoms with Crippen LogP contribution in [0.15, 0.2) is 12.1 Å². The Labute approximate surface area is 141 Å². The number of amides is 1. The zero-order chi connectivity index (χ0) is 15.5. The Bertz CT molecular complexity index is 565. The van der Waals surface area contributed by atoms with Gasteiger partial charge in [0.15, 0.2) is 0 Å². The van der Waals surface area contributed by atoms with Crippen LogP contribution in [0.2, 0.25) is 0 Å². The predicted octanol–water partition coefficient (Wildman–Crippen LogP) is 1.57. The van der Waals surface area contributed by atoms with Crippen molar-refractivity contribution in [1.82, 2.24) is 15.1 Å². The van der Waals surface area contributed by atoms with E-state index in [-0.39, 0.29) is 29.9 Å². The number of benzene rings is 1. The minimum atomic E-state index is -0.352. The summed E-state index contributed by atoms with van der Waals surface area (Å²) in [6, 6.07) is 2.38. The van der Waals surface area contributed by atoms with Crippen molar-refractivity contribution in [1.29, 1.82) is 0 Å². The van der Waals surface area contributed by atoms with Gasteiger partial charge in [0.1, 0.15) is 11.6 Å². The Morgan fingerprint density at radius 1 is 1.09 bits per heavy atom. The monoisotopic (exact) mass is 345 g/mol. The van der Waals surface area contributed by atoms with E-state index in [1.165, 1.54) is 12.1 Å². The molecule has 2 aliphatic heterocycles. The lowest BCUT2D eigenvalue weighted by molar-refractivity contribution is -0.132. The van der Waals surface area contributed by atoms with Crippen LogP contribution >= 0.6 is 12.4 Å². The van der Waals surface area contributed by atoms with Crippen molar-refractivity contribution in [3.63, 3.8) is 0 Å². The van der Waals surface area contributed by atoms with Gasteiger partial charge in [0, 0.05) is 57.8 Å². The summed E-state index contributed by atoms with van der Waals surface area (Å²) >= 11 is 0. The first-order chi connectivity index (χ1) is 10.6. The minimum absolute atomic E-state index is 0. The summed E-state index contributed by atoms with van der Waals surface area (Å²) in [4.78, 5) is 16.0. The molecule has 0 atom stereocenters. The van der Waals surface area contributed by atoms with Crippen LogP contribution in [-0.2, 0) is 17.8 Å². The molecule has 1 aromatic rings. The van der Waals surface area contributed by atoms with E-state index in [1.807, 2.05) is 9.80 Å². The van der Waals surface area contributed by atoms with Gasteiger partial charge in [-0.1, -0.05) is 0 Å². The molecule has 128 valence electrons. The van der Waals surface area contributed by atoms with Crippen molar-refractivity contribution in [3.8, 4) is 0 Å². The molecule has 0 aromatic heterocycles. The lowest BCUT2D eigenvalue weighted by Gasteiger charge is -2.31. The summed E-state index contributed by atoms with van der Waals surface area (Å²) in [5.74, 6) is -0.533. The molecule has 0 aliphatic carbocycles. The van der Waals surface area contributed by atoms with E-state index in [9.17, 15) is 13.6 Å². The van der Waals surface area contributed by atoms with Gasteiger partial charge in [0.25, 0.3) is 0 Å². The van der Waals surface area contributed by atoms with Gasteiger partial charge in [-0.15, -0.1) is 12.4 Å². The first kappa shape index (κ1) is 18.1. The largest absolute Gasteiger partial charge is 0.340 e. The zero-order valence-electron chi connectivity index (χ0n) is 13.0. The number of hydrogen-bond donors (Lipinski definition) is 1. The highest BCUT2D eigenvalue weighted by Gasteiger charge is 2.23. The fourth-order valence-corrected chi connectivity index (χ4v) is 3.17. The van der Waals surface area contributed by atoms with Crippen LogP contribution in [0.3, 0.4) is 0 Å². The Kier molecular flexibility index (Phi) is 6.33. The van der Waals surface area contributed by atoms with Crippen molar-refractivity contribution < 1.29 is 13.6 Å². The average Bonchev–Trinajstić information content (AvgIpc) is 2.57. The van der Waals surface area contributed by atoms with E-state index in [0.717, 1.165) is 26.2 Å². The van der Waals surface area contributed by atoms with Gasteiger partial charge < -0.3 is 10.2 Å². The van der Waals surface area contributed by atoms with Crippen molar-refractivity contribution in [2.75, 3.05) is 39.3 Å². The number of rotatable bonds is 3. The molecule has 1 aromatic carbocycles. The van der Waals surface area contributed by atoms with E-state index in [4.69, 9.17) is 0 Å². The average molecular weight is 346 g/mol. The maximum absolute atomic E-state index is 13.8. The molecule has 0 radical (unpaired) electrons. The molecule has 23 heavy (non-hydrogen) atoms. The van der Waals surface area contributed by atoms with Crippen LogP contribution in [0, 0.1) is 11.6 Å². The lowest BCUT2D eigenvalue weighted by atomic mass is 9.98. The zero-order valence-corrected chi connectivity index (χ0v) is 13.8. The molecule has 0 bridgehead atoms. The maximum atomic E-state index is 13.8. The molecule has 4 nitrogen and oxygen atoms in total.